The van der Waals surface area contributed by atoms with Crippen LogP contribution in [0, 0.1) is 25.7 Å². The Bertz CT molecular complexity index is 1250. The summed E-state index contributed by atoms with van der Waals surface area (Å²) in [5.74, 6) is 3.88. The molecule has 2 fully saturated rings. The van der Waals surface area contributed by atoms with Crippen LogP contribution < -0.4 is 0 Å². The van der Waals surface area contributed by atoms with Crippen molar-refractivity contribution in [1.29, 1.82) is 0 Å². The van der Waals surface area contributed by atoms with E-state index < -0.39 is 0 Å². The molecule has 0 atom stereocenters. The van der Waals surface area contributed by atoms with Gasteiger partial charge in [-0.2, -0.15) is 0 Å². The maximum Gasteiger partial charge on any atom is 0.265 e. The highest BCUT2D eigenvalue weighted by Gasteiger charge is 2.45. The summed E-state index contributed by atoms with van der Waals surface area (Å²) < 4.78 is 7.63. The average Bonchev–Trinajstić information content (AvgIpc) is 3.61. The third-order valence-corrected chi connectivity index (χ3v) is 6.59. The molecule has 0 N–H and O–H groups in total. The monoisotopic (exact) mass is 384 g/mol. The van der Waals surface area contributed by atoms with Crippen molar-refractivity contribution in [2.75, 3.05) is 0 Å². The Hall–Kier alpha value is -2.88. The number of para-hydroxylation sites is 2. The standard InChI is InChI=1S/C25H24N2O2/c1-13-12-18(15(3)29-13)14(2)21-23(22(16-8-9-16)17-10-11-17)24-26-19-6-4-5-7-20(19)27(24)25(21)28/h4-7,12,16-17H,8-11H2,1-3H3/b21-14-. The largest absolute Gasteiger partial charge is 0.466 e. The molecule has 29 heavy (non-hydrogen) atoms. The molecule has 1 aromatic carbocycles. The molecule has 146 valence electrons. The van der Waals surface area contributed by atoms with Gasteiger partial charge in [-0.1, -0.05) is 17.7 Å². The Kier molecular flexibility index (Phi) is 3.41. The number of benzene rings is 1. The van der Waals surface area contributed by atoms with Gasteiger partial charge in [-0.05, 0) is 82.1 Å². The number of rotatable bonds is 3. The number of imidazole rings is 1. The molecule has 3 heterocycles. The second-order valence-electron chi connectivity index (χ2n) is 8.77. The molecule has 1 aliphatic heterocycles. The Balaban J connectivity index is 1.69. The van der Waals surface area contributed by atoms with E-state index in [9.17, 15) is 4.79 Å². The van der Waals surface area contributed by atoms with Crippen molar-refractivity contribution in [1.82, 2.24) is 9.55 Å². The maximum absolute atomic E-state index is 13.8. The molecule has 0 saturated heterocycles. The molecule has 2 aliphatic carbocycles. The molecule has 4 heteroatoms. The summed E-state index contributed by atoms with van der Waals surface area (Å²) in [6.45, 7) is 6.00. The molecule has 0 amide bonds. The summed E-state index contributed by atoms with van der Waals surface area (Å²) in [6.07, 6.45) is 4.94. The van der Waals surface area contributed by atoms with Crippen molar-refractivity contribution in [3.8, 4) is 0 Å². The van der Waals surface area contributed by atoms with Gasteiger partial charge in [0.2, 0.25) is 0 Å². The maximum atomic E-state index is 13.8. The zero-order chi connectivity index (χ0) is 19.9. The van der Waals surface area contributed by atoms with Crippen LogP contribution in [0.15, 0.2) is 45.9 Å². The first kappa shape index (κ1) is 17.0. The number of nitrogens with zero attached hydrogens (tertiary/aromatic N) is 2. The van der Waals surface area contributed by atoms with Crippen LogP contribution in [0.5, 0.6) is 0 Å². The highest BCUT2D eigenvalue weighted by molar-refractivity contribution is 6.23. The Labute approximate surface area is 169 Å². The van der Waals surface area contributed by atoms with Gasteiger partial charge in [0.05, 0.1) is 16.6 Å². The Morgan fingerprint density at radius 1 is 1.07 bits per heavy atom. The molecule has 0 bridgehead atoms. The van der Waals surface area contributed by atoms with Crippen molar-refractivity contribution < 1.29 is 9.21 Å². The smallest absolute Gasteiger partial charge is 0.265 e. The topological polar surface area (TPSA) is 48.0 Å². The zero-order valence-electron chi connectivity index (χ0n) is 17.1. The van der Waals surface area contributed by atoms with Gasteiger partial charge < -0.3 is 4.42 Å². The second-order valence-corrected chi connectivity index (χ2v) is 8.77. The van der Waals surface area contributed by atoms with E-state index in [1.807, 2.05) is 42.7 Å². The second kappa shape index (κ2) is 5.82. The van der Waals surface area contributed by atoms with E-state index in [2.05, 4.69) is 13.0 Å². The van der Waals surface area contributed by atoms with E-state index in [0.717, 1.165) is 50.7 Å². The van der Waals surface area contributed by atoms with Gasteiger partial charge in [-0.15, -0.1) is 0 Å². The van der Waals surface area contributed by atoms with E-state index in [-0.39, 0.29) is 5.91 Å². The summed E-state index contributed by atoms with van der Waals surface area (Å²) in [6, 6.07) is 10.0. The highest BCUT2D eigenvalue weighted by atomic mass is 16.3. The fraction of sp³-hybridized carbons (Fsp3) is 0.360. The predicted octanol–water partition coefficient (Wildman–Crippen LogP) is 5.95. The van der Waals surface area contributed by atoms with E-state index in [4.69, 9.17) is 9.40 Å². The number of hydrogen-bond acceptors (Lipinski definition) is 3. The molecule has 2 saturated carbocycles. The van der Waals surface area contributed by atoms with E-state index in [1.54, 1.807) is 0 Å². The van der Waals surface area contributed by atoms with Gasteiger partial charge >= 0.3 is 0 Å². The molecule has 6 rings (SSSR count). The van der Waals surface area contributed by atoms with Crippen molar-refractivity contribution in [2.24, 2.45) is 11.8 Å². The minimum Gasteiger partial charge on any atom is -0.466 e. The normalized spacial score (nSPS) is 20.5. The molecule has 2 aromatic heterocycles. The first-order valence-corrected chi connectivity index (χ1v) is 10.6. The van der Waals surface area contributed by atoms with Crippen molar-refractivity contribution in [3.05, 3.63) is 64.4 Å². The molecule has 0 unspecified atom stereocenters. The van der Waals surface area contributed by atoms with Crippen molar-refractivity contribution in [3.63, 3.8) is 0 Å². The van der Waals surface area contributed by atoms with Crippen LogP contribution in [-0.2, 0) is 0 Å². The number of fused-ring (bicyclic) bond motifs is 3. The van der Waals surface area contributed by atoms with Gasteiger partial charge in [-0.3, -0.25) is 9.36 Å². The molecular weight excluding hydrogens is 360 g/mol. The lowest BCUT2D eigenvalue weighted by molar-refractivity contribution is 0.0973. The molecule has 0 radical (unpaired) electrons. The summed E-state index contributed by atoms with van der Waals surface area (Å²) >= 11 is 0. The lowest BCUT2D eigenvalue weighted by atomic mass is 9.89. The van der Waals surface area contributed by atoms with E-state index in [0.29, 0.717) is 11.8 Å². The van der Waals surface area contributed by atoms with Gasteiger partial charge in [0.25, 0.3) is 5.91 Å². The van der Waals surface area contributed by atoms with Crippen LogP contribution in [0.2, 0.25) is 0 Å². The number of aryl methyl sites for hydroxylation is 2. The summed E-state index contributed by atoms with van der Waals surface area (Å²) in [5.41, 5.74) is 7.27. The first-order valence-electron chi connectivity index (χ1n) is 10.6. The van der Waals surface area contributed by atoms with Crippen molar-refractivity contribution in [2.45, 2.75) is 46.5 Å². The zero-order valence-corrected chi connectivity index (χ0v) is 17.1. The number of carbonyl (C=O) groups excluding carboxylic acids is 1. The first-order chi connectivity index (χ1) is 14.0. The number of hydrogen-bond donors (Lipinski definition) is 0. The van der Waals surface area contributed by atoms with Gasteiger partial charge in [0.15, 0.2) is 0 Å². The third-order valence-electron chi connectivity index (χ3n) is 6.59. The number of furan rings is 1. The summed E-state index contributed by atoms with van der Waals surface area (Å²) in [7, 11) is 0. The minimum atomic E-state index is 0.0539. The quantitative estimate of drug-likeness (QED) is 0.525. The van der Waals surface area contributed by atoms with Crippen LogP contribution in [-0.4, -0.2) is 15.5 Å². The average molecular weight is 384 g/mol. The van der Waals surface area contributed by atoms with Gasteiger partial charge in [0.1, 0.15) is 17.3 Å². The van der Waals surface area contributed by atoms with E-state index in [1.165, 1.54) is 31.3 Å². The van der Waals surface area contributed by atoms with E-state index >= 15 is 0 Å². The SMILES string of the molecule is C/C(=C1/C(=O)n2c(nc3ccccc32)C1=C(C1CC1)C1CC1)c1cc(C)oc1C. The third kappa shape index (κ3) is 2.44. The molecular formula is C25H24N2O2. The summed E-state index contributed by atoms with van der Waals surface area (Å²) in [5, 5.41) is 0. The highest BCUT2D eigenvalue weighted by Crippen LogP contribution is 2.55. The fourth-order valence-corrected chi connectivity index (χ4v) is 5.02. The molecule has 3 aliphatic rings. The summed E-state index contributed by atoms with van der Waals surface area (Å²) in [4.78, 5) is 18.8. The predicted molar refractivity (Wildman–Crippen MR) is 114 cm³/mol. The Morgan fingerprint density at radius 2 is 1.76 bits per heavy atom. The molecule has 4 nitrogen and oxygen atoms in total. The van der Waals surface area contributed by atoms with Gasteiger partial charge in [-0.25, -0.2) is 4.98 Å². The number of carbonyl (C=O) groups is 1. The lowest BCUT2D eigenvalue weighted by Gasteiger charge is -2.12. The van der Waals surface area contributed by atoms with Gasteiger partial charge in [0, 0.05) is 11.1 Å². The van der Waals surface area contributed by atoms with Crippen LogP contribution in [0.1, 0.15) is 60.3 Å². The van der Waals surface area contributed by atoms with Crippen LogP contribution in [0.4, 0.5) is 0 Å². The molecule has 0 spiro atoms. The Morgan fingerprint density at radius 3 is 2.38 bits per heavy atom. The lowest BCUT2D eigenvalue weighted by Crippen LogP contribution is -2.07. The number of allylic oxidation sites excluding steroid dienone is 4. The van der Waals surface area contributed by atoms with Crippen LogP contribution >= 0.6 is 0 Å². The molecule has 3 aromatic rings. The fourth-order valence-electron chi connectivity index (χ4n) is 5.02. The number of aromatic nitrogens is 2. The van der Waals surface area contributed by atoms with Crippen LogP contribution in [0.25, 0.3) is 22.2 Å². The minimum absolute atomic E-state index is 0.0539. The van der Waals surface area contributed by atoms with Crippen molar-refractivity contribution >= 4 is 28.1 Å². The van der Waals surface area contributed by atoms with Crippen LogP contribution in [0.3, 0.4) is 0 Å².